The van der Waals surface area contributed by atoms with Crippen molar-refractivity contribution in [2.24, 2.45) is 7.05 Å². The normalized spacial score (nSPS) is 19.2. The summed E-state index contributed by atoms with van der Waals surface area (Å²) in [6.45, 7) is 0.436. The first kappa shape index (κ1) is 11.9. The van der Waals surface area contributed by atoms with E-state index in [0.717, 1.165) is 0 Å². The number of nitrogen functional groups attached to an aromatic ring is 1. The van der Waals surface area contributed by atoms with Crippen molar-refractivity contribution in [3.05, 3.63) is 11.8 Å². The SMILES string of the molecule is Cn1ncc(C(=O)N2CCS(=O)(=O)CC2)c1N. The van der Waals surface area contributed by atoms with Gasteiger partial charge in [-0.1, -0.05) is 0 Å². The molecule has 1 amide bonds. The van der Waals surface area contributed by atoms with Crippen LogP contribution in [0.2, 0.25) is 0 Å². The van der Waals surface area contributed by atoms with Crippen LogP contribution in [0.4, 0.5) is 5.82 Å². The van der Waals surface area contributed by atoms with Crippen molar-refractivity contribution >= 4 is 21.6 Å². The van der Waals surface area contributed by atoms with Crippen molar-refractivity contribution in [1.29, 1.82) is 0 Å². The molecule has 0 aromatic carbocycles. The lowest BCUT2D eigenvalue weighted by Gasteiger charge is -2.26. The maximum atomic E-state index is 12.0. The molecule has 0 saturated carbocycles. The lowest BCUT2D eigenvalue weighted by molar-refractivity contribution is 0.0771. The molecule has 0 unspecified atom stereocenters. The highest BCUT2D eigenvalue weighted by molar-refractivity contribution is 7.91. The van der Waals surface area contributed by atoms with E-state index in [1.54, 1.807) is 7.05 Å². The van der Waals surface area contributed by atoms with Crippen LogP contribution < -0.4 is 5.73 Å². The maximum absolute atomic E-state index is 12.0. The van der Waals surface area contributed by atoms with Gasteiger partial charge in [0.1, 0.15) is 11.4 Å². The highest BCUT2D eigenvalue weighted by Gasteiger charge is 2.27. The average molecular weight is 258 g/mol. The zero-order valence-corrected chi connectivity index (χ0v) is 10.3. The fourth-order valence-corrected chi connectivity index (χ4v) is 2.90. The Bertz CT molecular complexity index is 535. The zero-order chi connectivity index (χ0) is 12.6. The molecular weight excluding hydrogens is 244 g/mol. The Morgan fingerprint density at radius 3 is 2.47 bits per heavy atom. The lowest BCUT2D eigenvalue weighted by Crippen LogP contribution is -2.43. The number of aromatic nitrogens is 2. The van der Waals surface area contributed by atoms with E-state index >= 15 is 0 Å². The molecule has 1 aromatic heterocycles. The Kier molecular flexibility index (Phi) is 2.82. The average Bonchev–Trinajstić information content (AvgIpc) is 2.59. The number of nitrogens with two attached hydrogens (primary N) is 1. The second kappa shape index (κ2) is 4.02. The van der Waals surface area contributed by atoms with Crippen LogP contribution in [0, 0.1) is 0 Å². The van der Waals surface area contributed by atoms with Gasteiger partial charge in [-0.15, -0.1) is 0 Å². The topological polar surface area (TPSA) is 98.3 Å². The van der Waals surface area contributed by atoms with E-state index in [-0.39, 0.29) is 30.5 Å². The minimum Gasteiger partial charge on any atom is -0.383 e. The number of hydrogen-bond acceptors (Lipinski definition) is 5. The van der Waals surface area contributed by atoms with Gasteiger partial charge in [-0.2, -0.15) is 5.10 Å². The largest absolute Gasteiger partial charge is 0.383 e. The Morgan fingerprint density at radius 1 is 1.41 bits per heavy atom. The molecule has 94 valence electrons. The van der Waals surface area contributed by atoms with E-state index < -0.39 is 9.84 Å². The lowest BCUT2D eigenvalue weighted by atomic mass is 10.3. The minimum atomic E-state index is -2.98. The third-order valence-electron chi connectivity index (χ3n) is 2.85. The van der Waals surface area contributed by atoms with Crippen molar-refractivity contribution in [2.45, 2.75) is 0 Å². The maximum Gasteiger partial charge on any atom is 0.259 e. The van der Waals surface area contributed by atoms with Crippen LogP contribution in [0.25, 0.3) is 0 Å². The van der Waals surface area contributed by atoms with E-state index in [1.165, 1.54) is 15.8 Å². The smallest absolute Gasteiger partial charge is 0.259 e. The van der Waals surface area contributed by atoms with Crippen LogP contribution >= 0.6 is 0 Å². The molecule has 7 nitrogen and oxygen atoms in total. The summed E-state index contributed by atoms with van der Waals surface area (Å²) in [7, 11) is -1.34. The highest BCUT2D eigenvalue weighted by Crippen LogP contribution is 2.14. The molecular formula is C9H14N4O3S. The van der Waals surface area contributed by atoms with Gasteiger partial charge < -0.3 is 10.6 Å². The van der Waals surface area contributed by atoms with E-state index in [9.17, 15) is 13.2 Å². The Labute approximate surface area is 99.1 Å². The van der Waals surface area contributed by atoms with Crippen LogP contribution in [0.3, 0.4) is 0 Å². The van der Waals surface area contributed by atoms with Gasteiger partial charge in [-0.25, -0.2) is 8.42 Å². The second-order valence-corrected chi connectivity index (χ2v) is 6.31. The van der Waals surface area contributed by atoms with Crippen molar-refractivity contribution in [2.75, 3.05) is 30.3 Å². The summed E-state index contributed by atoms with van der Waals surface area (Å²) >= 11 is 0. The van der Waals surface area contributed by atoms with Crippen LogP contribution in [0.5, 0.6) is 0 Å². The summed E-state index contributed by atoms with van der Waals surface area (Å²) < 4.78 is 23.9. The van der Waals surface area contributed by atoms with Gasteiger partial charge in [0.15, 0.2) is 9.84 Å². The van der Waals surface area contributed by atoms with Gasteiger partial charge in [0.2, 0.25) is 0 Å². The summed E-state index contributed by atoms with van der Waals surface area (Å²) in [6.07, 6.45) is 1.40. The Hall–Kier alpha value is -1.57. The molecule has 2 rings (SSSR count). The molecule has 2 N–H and O–H groups in total. The number of rotatable bonds is 1. The van der Waals surface area contributed by atoms with Crippen LogP contribution in [-0.4, -0.2) is 53.6 Å². The summed E-state index contributed by atoms with van der Waals surface area (Å²) in [5.74, 6) is 0.0617. The fraction of sp³-hybridized carbons (Fsp3) is 0.556. The number of carbonyl (C=O) groups excluding carboxylic acids is 1. The van der Waals surface area contributed by atoms with Gasteiger partial charge in [0.05, 0.1) is 17.7 Å². The first-order chi connectivity index (χ1) is 7.91. The molecule has 8 heteroatoms. The van der Waals surface area contributed by atoms with Crippen LogP contribution in [-0.2, 0) is 16.9 Å². The number of sulfone groups is 1. The molecule has 1 aliphatic heterocycles. The molecule has 0 atom stereocenters. The zero-order valence-electron chi connectivity index (χ0n) is 9.46. The predicted octanol–water partition coefficient (Wildman–Crippen LogP) is -1.13. The van der Waals surface area contributed by atoms with Gasteiger partial charge in [-0.05, 0) is 0 Å². The van der Waals surface area contributed by atoms with E-state index in [1.807, 2.05) is 0 Å². The quantitative estimate of drug-likeness (QED) is 0.687. The Morgan fingerprint density at radius 2 is 2.00 bits per heavy atom. The third kappa shape index (κ3) is 2.26. The van der Waals surface area contributed by atoms with Crippen molar-refractivity contribution in [1.82, 2.24) is 14.7 Å². The summed E-state index contributed by atoms with van der Waals surface area (Å²) in [6, 6.07) is 0. The number of carbonyl (C=O) groups is 1. The molecule has 1 saturated heterocycles. The standard InChI is InChI=1S/C9H14N4O3S/c1-12-8(10)7(6-11-12)9(14)13-2-4-17(15,16)5-3-13/h6H,2-5,10H2,1H3. The highest BCUT2D eigenvalue weighted by atomic mass is 32.2. The van der Waals surface area contributed by atoms with E-state index in [2.05, 4.69) is 5.10 Å². The Balaban J connectivity index is 2.15. The molecule has 1 fully saturated rings. The first-order valence-corrected chi connectivity index (χ1v) is 7.00. The molecule has 0 spiro atoms. The van der Waals surface area contributed by atoms with Crippen molar-refractivity contribution in [3.63, 3.8) is 0 Å². The fourth-order valence-electron chi connectivity index (χ4n) is 1.70. The van der Waals surface area contributed by atoms with Crippen molar-refractivity contribution in [3.8, 4) is 0 Å². The summed E-state index contributed by atoms with van der Waals surface area (Å²) in [5.41, 5.74) is 6.02. The minimum absolute atomic E-state index is 0.0128. The molecule has 0 radical (unpaired) electrons. The van der Waals surface area contributed by atoms with Crippen LogP contribution in [0.1, 0.15) is 10.4 Å². The predicted molar refractivity (Wildman–Crippen MR) is 62.2 cm³/mol. The summed E-state index contributed by atoms with van der Waals surface area (Å²) in [4.78, 5) is 13.5. The summed E-state index contributed by atoms with van der Waals surface area (Å²) in [5, 5.41) is 3.89. The van der Waals surface area contributed by atoms with Crippen molar-refractivity contribution < 1.29 is 13.2 Å². The molecule has 0 aliphatic carbocycles. The van der Waals surface area contributed by atoms with Gasteiger partial charge in [0, 0.05) is 20.1 Å². The number of anilines is 1. The van der Waals surface area contributed by atoms with Gasteiger partial charge in [-0.3, -0.25) is 9.48 Å². The number of aryl methyl sites for hydroxylation is 1. The van der Waals surface area contributed by atoms with Gasteiger partial charge >= 0.3 is 0 Å². The molecule has 1 aliphatic rings. The van der Waals surface area contributed by atoms with E-state index in [0.29, 0.717) is 11.4 Å². The van der Waals surface area contributed by atoms with Crippen LogP contribution in [0.15, 0.2) is 6.20 Å². The molecule has 0 bridgehead atoms. The monoisotopic (exact) mass is 258 g/mol. The molecule has 2 heterocycles. The van der Waals surface area contributed by atoms with Gasteiger partial charge in [0.25, 0.3) is 5.91 Å². The number of amides is 1. The number of hydrogen-bond donors (Lipinski definition) is 1. The number of nitrogens with zero attached hydrogens (tertiary/aromatic N) is 3. The first-order valence-electron chi connectivity index (χ1n) is 5.18. The third-order valence-corrected chi connectivity index (χ3v) is 4.46. The second-order valence-electron chi connectivity index (χ2n) is 4.01. The molecule has 1 aromatic rings. The van der Waals surface area contributed by atoms with E-state index in [4.69, 9.17) is 5.73 Å². The molecule has 17 heavy (non-hydrogen) atoms.